The van der Waals surface area contributed by atoms with Crippen LogP contribution in [0, 0.1) is 40.4 Å². The molecule has 3 unspecified atom stereocenters. The Hall–Kier alpha value is -0.610. The van der Waals surface area contributed by atoms with Crippen molar-refractivity contribution in [1.29, 1.82) is 0 Å². The highest BCUT2D eigenvalue weighted by molar-refractivity contribution is 5.66. The van der Waals surface area contributed by atoms with Crippen LogP contribution in [0.15, 0.2) is 0 Å². The fraction of sp³-hybridized carbons (Fsp3) is 0.960. The van der Waals surface area contributed by atoms with Crippen LogP contribution in [0.3, 0.4) is 0 Å². The van der Waals surface area contributed by atoms with Gasteiger partial charge in [-0.2, -0.15) is 0 Å². The number of rotatable bonds is 2. The summed E-state index contributed by atoms with van der Waals surface area (Å²) in [5, 5.41) is 0. The molecule has 0 aromatic heterocycles. The molecule has 4 saturated carbocycles. The van der Waals surface area contributed by atoms with Gasteiger partial charge in [0.25, 0.3) is 0 Å². The Balaban J connectivity index is 1.35. The minimum Gasteiger partial charge on any atom is -0.463 e. The van der Waals surface area contributed by atoms with Crippen LogP contribution in [0.2, 0.25) is 0 Å². The summed E-state index contributed by atoms with van der Waals surface area (Å²) in [5.41, 5.74) is 0.793. The van der Waals surface area contributed by atoms with Gasteiger partial charge in [-0.05, 0) is 99.2 Å². The molecule has 0 amide bonds. The van der Waals surface area contributed by atoms with Crippen LogP contribution in [-0.2, 0) is 19.0 Å². The quantitative estimate of drug-likeness (QED) is 0.583. The standard InChI is InChI=1S/C25H40O4/c1-16(26)29-18-9-11-23(2)17(15-18)5-6-19-20-7-8-22(25(4)27-13-14-28-25)24(20,3)12-10-21(19)23/h17-22H,5-15H2,1-4H3/t17-,18-,19?,20?,21?,22+,23+,24+/m1/s1. The first-order valence-corrected chi connectivity index (χ1v) is 12.2. The minimum atomic E-state index is -0.362. The van der Waals surface area contributed by atoms with Crippen molar-refractivity contribution in [2.24, 2.45) is 40.4 Å². The Morgan fingerprint density at radius 1 is 0.862 bits per heavy atom. The summed E-state index contributed by atoms with van der Waals surface area (Å²) in [4.78, 5) is 11.5. The zero-order valence-corrected chi connectivity index (χ0v) is 18.9. The van der Waals surface area contributed by atoms with Crippen molar-refractivity contribution in [1.82, 2.24) is 0 Å². The van der Waals surface area contributed by atoms with E-state index in [1.54, 1.807) is 6.92 Å². The van der Waals surface area contributed by atoms with E-state index in [4.69, 9.17) is 14.2 Å². The highest BCUT2D eigenvalue weighted by Gasteiger charge is 2.63. The Bertz CT molecular complexity index is 655. The van der Waals surface area contributed by atoms with E-state index >= 15 is 0 Å². The second-order valence-corrected chi connectivity index (χ2v) is 11.6. The second-order valence-electron chi connectivity index (χ2n) is 11.6. The van der Waals surface area contributed by atoms with Crippen molar-refractivity contribution in [3.63, 3.8) is 0 Å². The lowest BCUT2D eigenvalue weighted by Crippen LogP contribution is -2.55. The predicted molar refractivity (Wildman–Crippen MR) is 111 cm³/mol. The molecule has 5 aliphatic rings. The fourth-order valence-corrected chi connectivity index (χ4v) is 9.15. The fourth-order valence-electron chi connectivity index (χ4n) is 9.15. The Labute approximate surface area is 176 Å². The molecule has 8 atom stereocenters. The Kier molecular flexibility index (Phi) is 4.87. The lowest BCUT2D eigenvalue weighted by atomic mass is 9.44. The lowest BCUT2D eigenvalue weighted by molar-refractivity contribution is -0.219. The van der Waals surface area contributed by atoms with E-state index in [0.29, 0.717) is 16.7 Å². The van der Waals surface area contributed by atoms with Gasteiger partial charge in [0.2, 0.25) is 0 Å². The first kappa shape index (κ1) is 20.3. The van der Waals surface area contributed by atoms with E-state index in [1.807, 2.05) is 0 Å². The molecule has 4 heteroatoms. The van der Waals surface area contributed by atoms with E-state index in [0.717, 1.165) is 49.7 Å². The summed E-state index contributed by atoms with van der Waals surface area (Å²) in [5.74, 6) is 3.31. The lowest BCUT2D eigenvalue weighted by Gasteiger charge is -2.61. The monoisotopic (exact) mass is 404 g/mol. The van der Waals surface area contributed by atoms with Gasteiger partial charge in [-0.3, -0.25) is 4.79 Å². The number of esters is 1. The molecule has 5 fully saturated rings. The van der Waals surface area contributed by atoms with Gasteiger partial charge in [0.15, 0.2) is 5.79 Å². The third kappa shape index (κ3) is 3.03. The molecule has 1 saturated heterocycles. The summed E-state index contributed by atoms with van der Waals surface area (Å²) in [6, 6.07) is 0. The van der Waals surface area contributed by atoms with Crippen molar-refractivity contribution in [2.75, 3.05) is 13.2 Å². The van der Waals surface area contributed by atoms with E-state index in [1.165, 1.54) is 44.9 Å². The molecule has 0 N–H and O–H groups in total. The predicted octanol–water partition coefficient (Wildman–Crippen LogP) is 5.34. The summed E-state index contributed by atoms with van der Waals surface area (Å²) in [6.45, 7) is 10.4. The number of carbonyl (C=O) groups excluding carboxylic acids is 1. The molecular formula is C25H40O4. The molecular weight excluding hydrogens is 364 g/mol. The van der Waals surface area contributed by atoms with Crippen LogP contribution < -0.4 is 0 Å². The molecule has 0 spiro atoms. The van der Waals surface area contributed by atoms with Gasteiger partial charge in [0, 0.05) is 12.8 Å². The van der Waals surface area contributed by atoms with Crippen molar-refractivity contribution in [3.8, 4) is 0 Å². The largest absolute Gasteiger partial charge is 0.463 e. The molecule has 1 heterocycles. The van der Waals surface area contributed by atoms with Gasteiger partial charge in [-0.1, -0.05) is 13.8 Å². The van der Waals surface area contributed by atoms with E-state index in [2.05, 4.69) is 20.8 Å². The Morgan fingerprint density at radius 2 is 1.55 bits per heavy atom. The zero-order chi connectivity index (χ0) is 20.4. The first-order valence-electron chi connectivity index (χ1n) is 12.2. The van der Waals surface area contributed by atoms with Gasteiger partial charge in [-0.15, -0.1) is 0 Å². The number of hydrogen-bond acceptors (Lipinski definition) is 4. The SMILES string of the molecule is CC(=O)O[C@@H]1CC[C@]2(C)C3CC[C@@]4(C)C(CC[C@@H]4C4(C)OCCO4)C3CC[C@@H]2C1. The van der Waals surface area contributed by atoms with E-state index in [-0.39, 0.29) is 17.9 Å². The van der Waals surface area contributed by atoms with E-state index < -0.39 is 0 Å². The smallest absolute Gasteiger partial charge is 0.302 e. The Morgan fingerprint density at radius 3 is 2.28 bits per heavy atom. The third-order valence-electron chi connectivity index (χ3n) is 10.4. The van der Waals surface area contributed by atoms with Gasteiger partial charge in [0.1, 0.15) is 6.10 Å². The molecule has 5 rings (SSSR count). The summed E-state index contributed by atoms with van der Waals surface area (Å²) < 4.78 is 17.9. The number of carbonyl (C=O) groups is 1. The van der Waals surface area contributed by atoms with Crippen LogP contribution >= 0.6 is 0 Å². The summed E-state index contributed by atoms with van der Waals surface area (Å²) in [7, 11) is 0. The zero-order valence-electron chi connectivity index (χ0n) is 18.9. The van der Waals surface area contributed by atoms with Crippen molar-refractivity contribution < 1.29 is 19.0 Å². The molecule has 0 aromatic carbocycles. The molecule has 164 valence electrons. The minimum absolute atomic E-state index is 0.109. The van der Waals surface area contributed by atoms with Gasteiger partial charge in [-0.25, -0.2) is 0 Å². The van der Waals surface area contributed by atoms with Crippen molar-refractivity contribution in [3.05, 3.63) is 0 Å². The second kappa shape index (κ2) is 6.95. The average Bonchev–Trinajstić information content (AvgIpc) is 3.25. The van der Waals surface area contributed by atoms with Crippen LogP contribution in [0.4, 0.5) is 0 Å². The maximum atomic E-state index is 11.5. The summed E-state index contributed by atoms with van der Waals surface area (Å²) in [6.07, 6.45) is 11.5. The van der Waals surface area contributed by atoms with Gasteiger partial charge < -0.3 is 14.2 Å². The van der Waals surface area contributed by atoms with Crippen LogP contribution in [-0.4, -0.2) is 31.1 Å². The maximum Gasteiger partial charge on any atom is 0.302 e. The van der Waals surface area contributed by atoms with Gasteiger partial charge in [0.05, 0.1) is 13.2 Å². The van der Waals surface area contributed by atoms with Crippen LogP contribution in [0.5, 0.6) is 0 Å². The van der Waals surface area contributed by atoms with Crippen LogP contribution in [0.1, 0.15) is 85.5 Å². The molecule has 0 bridgehead atoms. The van der Waals surface area contributed by atoms with Crippen molar-refractivity contribution in [2.45, 2.75) is 97.4 Å². The molecule has 4 aliphatic carbocycles. The number of fused-ring (bicyclic) bond motifs is 5. The number of ether oxygens (including phenoxy) is 3. The highest BCUT2D eigenvalue weighted by atomic mass is 16.7. The van der Waals surface area contributed by atoms with Crippen molar-refractivity contribution >= 4 is 5.97 Å². The van der Waals surface area contributed by atoms with Gasteiger partial charge >= 0.3 is 5.97 Å². The average molecular weight is 405 g/mol. The number of hydrogen-bond donors (Lipinski definition) is 0. The molecule has 1 aliphatic heterocycles. The highest BCUT2D eigenvalue weighted by Crippen LogP contribution is 2.69. The molecule has 0 aromatic rings. The topological polar surface area (TPSA) is 44.8 Å². The molecule has 4 nitrogen and oxygen atoms in total. The summed E-state index contributed by atoms with van der Waals surface area (Å²) >= 11 is 0. The van der Waals surface area contributed by atoms with Crippen LogP contribution in [0.25, 0.3) is 0 Å². The molecule has 29 heavy (non-hydrogen) atoms. The molecule has 0 radical (unpaired) electrons. The third-order valence-corrected chi connectivity index (χ3v) is 10.4. The first-order chi connectivity index (χ1) is 13.8. The normalized spacial score (nSPS) is 51.0. The van der Waals surface area contributed by atoms with E-state index in [9.17, 15) is 4.79 Å². The maximum absolute atomic E-state index is 11.5.